The first-order valence-electron chi connectivity index (χ1n) is 3.32. The van der Waals surface area contributed by atoms with E-state index in [1.54, 1.807) is 11.3 Å². The van der Waals surface area contributed by atoms with E-state index >= 15 is 0 Å². The molecule has 0 spiro atoms. The normalized spacial score (nSPS) is 9.55. The van der Waals surface area contributed by atoms with Gasteiger partial charge in [-0.05, 0) is 18.6 Å². The van der Waals surface area contributed by atoms with Gasteiger partial charge in [0, 0.05) is 11.3 Å². The summed E-state index contributed by atoms with van der Waals surface area (Å²) in [6.45, 7) is 9.18. The monoisotopic (exact) mass is 185 g/mol. The largest absolute Gasteiger partial charge is 0.317 e. The predicted octanol–water partition coefficient (Wildman–Crippen LogP) is 3.17. The van der Waals surface area contributed by atoms with Crippen LogP contribution in [0.3, 0.4) is 0 Å². The van der Waals surface area contributed by atoms with E-state index in [2.05, 4.69) is 10.9 Å². The molecule has 0 saturated heterocycles. The Morgan fingerprint density at radius 2 is 2.45 bits per heavy atom. The summed E-state index contributed by atoms with van der Waals surface area (Å²) in [5.41, 5.74) is 1.12. The number of thiophene rings is 1. The highest BCUT2D eigenvalue weighted by Crippen LogP contribution is 2.27. The first kappa shape index (κ1) is 8.58. The SMILES string of the molecule is [C-]#[N+]CCc1cc(C)sc1Cl. The molecule has 0 aliphatic rings. The average molecular weight is 186 g/mol. The molecule has 0 radical (unpaired) electrons. The fourth-order valence-electron chi connectivity index (χ4n) is 0.885. The molecule has 1 aromatic heterocycles. The fourth-order valence-corrected chi connectivity index (χ4v) is 2.18. The van der Waals surface area contributed by atoms with E-state index in [0.717, 1.165) is 16.3 Å². The molecule has 0 aromatic carbocycles. The average Bonchev–Trinajstić information content (AvgIpc) is 2.26. The van der Waals surface area contributed by atoms with Crippen molar-refractivity contribution in [1.82, 2.24) is 0 Å². The quantitative estimate of drug-likeness (QED) is 0.624. The number of hydrogen-bond donors (Lipinski definition) is 0. The number of aryl methyl sites for hydroxylation is 1. The predicted molar refractivity (Wildman–Crippen MR) is 49.2 cm³/mol. The first-order valence-corrected chi connectivity index (χ1v) is 4.51. The molecule has 1 heterocycles. The van der Waals surface area contributed by atoms with Gasteiger partial charge in [0.1, 0.15) is 0 Å². The van der Waals surface area contributed by atoms with E-state index in [9.17, 15) is 0 Å². The maximum atomic E-state index is 6.61. The number of halogens is 1. The van der Waals surface area contributed by atoms with Crippen molar-refractivity contribution in [3.63, 3.8) is 0 Å². The Morgan fingerprint density at radius 3 is 2.91 bits per heavy atom. The van der Waals surface area contributed by atoms with E-state index in [-0.39, 0.29) is 0 Å². The van der Waals surface area contributed by atoms with Gasteiger partial charge in [-0.1, -0.05) is 11.6 Å². The highest BCUT2D eigenvalue weighted by molar-refractivity contribution is 7.16. The van der Waals surface area contributed by atoms with Gasteiger partial charge in [-0.3, -0.25) is 0 Å². The van der Waals surface area contributed by atoms with Gasteiger partial charge in [0.15, 0.2) is 0 Å². The molecule has 3 heteroatoms. The minimum absolute atomic E-state index is 0.538. The summed E-state index contributed by atoms with van der Waals surface area (Å²) >= 11 is 7.48. The van der Waals surface area contributed by atoms with Crippen LogP contribution >= 0.6 is 22.9 Å². The van der Waals surface area contributed by atoms with Crippen LogP contribution in [0.15, 0.2) is 6.07 Å². The van der Waals surface area contributed by atoms with Crippen molar-refractivity contribution in [3.8, 4) is 0 Å². The second-order valence-corrected chi connectivity index (χ2v) is 4.15. The lowest BCUT2D eigenvalue weighted by atomic mass is 10.2. The van der Waals surface area contributed by atoms with Crippen LogP contribution in [-0.4, -0.2) is 6.54 Å². The molecule has 0 unspecified atom stereocenters. The zero-order chi connectivity index (χ0) is 8.27. The van der Waals surface area contributed by atoms with Gasteiger partial charge in [0.05, 0.1) is 4.34 Å². The molecule has 0 bridgehead atoms. The Morgan fingerprint density at radius 1 is 1.73 bits per heavy atom. The van der Waals surface area contributed by atoms with Gasteiger partial charge in [0.2, 0.25) is 6.54 Å². The molecule has 1 nitrogen and oxygen atoms in total. The smallest absolute Gasteiger partial charge is 0.218 e. The van der Waals surface area contributed by atoms with Crippen LogP contribution in [-0.2, 0) is 6.42 Å². The molecule has 0 N–H and O–H groups in total. The van der Waals surface area contributed by atoms with Crippen molar-refractivity contribution in [2.75, 3.05) is 6.54 Å². The minimum atomic E-state index is 0.538. The minimum Gasteiger partial charge on any atom is -0.317 e. The molecule has 1 aromatic rings. The zero-order valence-electron chi connectivity index (χ0n) is 6.22. The van der Waals surface area contributed by atoms with Crippen LogP contribution < -0.4 is 0 Å². The maximum Gasteiger partial charge on any atom is 0.218 e. The van der Waals surface area contributed by atoms with Crippen molar-refractivity contribution >= 4 is 22.9 Å². The standard InChI is InChI=1S/C8H8ClNS/c1-6-5-7(3-4-10-2)8(9)11-6/h5H,3-4H2,1H3. The molecule has 0 atom stereocenters. The Bertz CT molecular complexity index is 285. The highest BCUT2D eigenvalue weighted by atomic mass is 35.5. The third kappa shape index (κ3) is 2.21. The molecular formula is C8H8ClNS. The Hall–Kier alpha value is -0.520. The highest BCUT2D eigenvalue weighted by Gasteiger charge is 2.04. The zero-order valence-corrected chi connectivity index (χ0v) is 7.80. The molecular weight excluding hydrogens is 178 g/mol. The van der Waals surface area contributed by atoms with Gasteiger partial charge >= 0.3 is 0 Å². The lowest BCUT2D eigenvalue weighted by Gasteiger charge is -1.87. The van der Waals surface area contributed by atoms with E-state index in [1.165, 1.54) is 4.88 Å². The number of nitrogens with zero attached hydrogens (tertiary/aromatic N) is 1. The lowest BCUT2D eigenvalue weighted by Crippen LogP contribution is -1.83. The summed E-state index contributed by atoms with van der Waals surface area (Å²) in [5, 5.41) is 0. The van der Waals surface area contributed by atoms with Crippen LogP contribution in [0.4, 0.5) is 0 Å². The van der Waals surface area contributed by atoms with Gasteiger partial charge in [0.25, 0.3) is 0 Å². The first-order chi connectivity index (χ1) is 5.24. The van der Waals surface area contributed by atoms with Crippen molar-refractivity contribution in [2.24, 2.45) is 0 Å². The summed E-state index contributed by atoms with van der Waals surface area (Å²) in [5.74, 6) is 0. The number of hydrogen-bond acceptors (Lipinski definition) is 1. The van der Waals surface area contributed by atoms with Gasteiger partial charge in [-0.2, -0.15) is 0 Å². The third-order valence-electron chi connectivity index (χ3n) is 1.37. The van der Waals surface area contributed by atoms with Gasteiger partial charge in [-0.15, -0.1) is 11.3 Å². The Labute approximate surface area is 75.4 Å². The van der Waals surface area contributed by atoms with Crippen molar-refractivity contribution in [2.45, 2.75) is 13.3 Å². The molecule has 0 aliphatic carbocycles. The number of rotatable bonds is 2. The third-order valence-corrected chi connectivity index (χ3v) is 2.73. The molecule has 0 aliphatic heterocycles. The van der Waals surface area contributed by atoms with Crippen LogP contribution in [0.25, 0.3) is 4.85 Å². The van der Waals surface area contributed by atoms with E-state index < -0.39 is 0 Å². The summed E-state index contributed by atoms with van der Waals surface area (Å²) in [4.78, 5) is 4.49. The Kier molecular flexibility index (Phi) is 2.92. The van der Waals surface area contributed by atoms with E-state index in [4.69, 9.17) is 18.2 Å². The van der Waals surface area contributed by atoms with E-state index in [1.807, 2.05) is 6.92 Å². The van der Waals surface area contributed by atoms with Crippen LogP contribution in [0.1, 0.15) is 10.4 Å². The van der Waals surface area contributed by atoms with Crippen LogP contribution in [0.5, 0.6) is 0 Å². The molecule has 0 fully saturated rings. The molecule has 58 valence electrons. The molecule has 0 amide bonds. The summed E-state index contributed by atoms with van der Waals surface area (Å²) in [6, 6.07) is 2.05. The summed E-state index contributed by atoms with van der Waals surface area (Å²) < 4.78 is 0.839. The van der Waals surface area contributed by atoms with Gasteiger partial charge < -0.3 is 4.85 Å². The summed E-state index contributed by atoms with van der Waals surface area (Å²) in [6.07, 6.45) is 0.784. The van der Waals surface area contributed by atoms with Crippen molar-refractivity contribution < 1.29 is 0 Å². The Balaban J connectivity index is 2.71. The lowest BCUT2D eigenvalue weighted by molar-refractivity contribution is 1.09. The maximum absolute atomic E-state index is 6.61. The van der Waals surface area contributed by atoms with Gasteiger partial charge in [-0.25, -0.2) is 6.57 Å². The van der Waals surface area contributed by atoms with Crippen molar-refractivity contribution in [1.29, 1.82) is 0 Å². The topological polar surface area (TPSA) is 4.36 Å². The van der Waals surface area contributed by atoms with E-state index in [0.29, 0.717) is 6.54 Å². The molecule has 11 heavy (non-hydrogen) atoms. The molecule has 1 rings (SSSR count). The molecule has 0 saturated carbocycles. The second-order valence-electron chi connectivity index (χ2n) is 2.29. The second kappa shape index (κ2) is 3.75. The van der Waals surface area contributed by atoms with Crippen molar-refractivity contribution in [3.05, 3.63) is 32.3 Å². The summed E-state index contributed by atoms with van der Waals surface area (Å²) in [7, 11) is 0. The van der Waals surface area contributed by atoms with Crippen LogP contribution in [0.2, 0.25) is 4.34 Å². The fraction of sp³-hybridized carbons (Fsp3) is 0.375. The van der Waals surface area contributed by atoms with Crippen LogP contribution in [0, 0.1) is 13.5 Å².